The molecule has 188 valence electrons. The van der Waals surface area contributed by atoms with Gasteiger partial charge in [0.25, 0.3) is 11.8 Å². The molecule has 3 fully saturated rings. The highest BCUT2D eigenvalue weighted by atomic mass is 32.2. The molecule has 0 aromatic rings. The summed E-state index contributed by atoms with van der Waals surface area (Å²) in [6.45, 7) is 4.63. The van der Waals surface area contributed by atoms with Gasteiger partial charge >= 0.3 is 0 Å². The molecule has 2 amide bonds. The van der Waals surface area contributed by atoms with Gasteiger partial charge in [-0.15, -0.1) is 23.5 Å². The quantitative estimate of drug-likeness (QED) is 0.456. The van der Waals surface area contributed by atoms with Crippen molar-refractivity contribution in [1.29, 1.82) is 0 Å². The summed E-state index contributed by atoms with van der Waals surface area (Å²) >= 11 is 3.48. The molecule has 4 nitrogen and oxygen atoms in total. The number of thioether (sulfide) groups is 2. The second-order valence-electron chi connectivity index (χ2n) is 11.5. The summed E-state index contributed by atoms with van der Waals surface area (Å²) in [6, 6.07) is 0.629. The maximum Gasteiger partial charge on any atom is 0.257 e. The fraction of sp³-hybridized carbons (Fsp3) is 0.655. The Morgan fingerprint density at radius 1 is 0.686 bits per heavy atom. The smallest absolute Gasteiger partial charge is 0.257 e. The average Bonchev–Trinajstić information content (AvgIpc) is 3.56. The van der Waals surface area contributed by atoms with Gasteiger partial charge in [-0.05, 0) is 93.2 Å². The van der Waals surface area contributed by atoms with Crippen molar-refractivity contribution in [3.8, 4) is 0 Å². The molecule has 2 atom stereocenters. The Morgan fingerprint density at radius 3 is 1.49 bits per heavy atom. The normalized spacial score (nSPS) is 33.2. The van der Waals surface area contributed by atoms with Gasteiger partial charge in [0.1, 0.15) is 0 Å². The van der Waals surface area contributed by atoms with E-state index in [4.69, 9.17) is 0 Å². The third-order valence-electron chi connectivity index (χ3n) is 9.31. The summed E-state index contributed by atoms with van der Waals surface area (Å²) in [5, 5.41) is 6.69. The van der Waals surface area contributed by atoms with Gasteiger partial charge in [0, 0.05) is 12.1 Å². The van der Waals surface area contributed by atoms with Gasteiger partial charge in [0.2, 0.25) is 0 Å². The van der Waals surface area contributed by atoms with E-state index in [9.17, 15) is 9.59 Å². The number of allylic oxidation sites excluding steroid dienone is 4. The minimum absolute atomic E-state index is 0.0987. The van der Waals surface area contributed by atoms with Crippen LogP contribution in [0.5, 0.6) is 0 Å². The van der Waals surface area contributed by atoms with Crippen molar-refractivity contribution in [1.82, 2.24) is 10.6 Å². The zero-order chi connectivity index (χ0) is 24.2. The summed E-state index contributed by atoms with van der Waals surface area (Å²) in [6.07, 6.45) is 19.6. The molecule has 0 aromatic heterocycles. The van der Waals surface area contributed by atoms with Crippen LogP contribution in [-0.4, -0.2) is 33.4 Å². The second-order valence-corrected chi connectivity index (χ2v) is 14.5. The van der Waals surface area contributed by atoms with Crippen LogP contribution in [0.25, 0.3) is 0 Å². The largest absolute Gasteiger partial charge is 0.349 e. The lowest BCUT2D eigenvalue weighted by atomic mass is 9.72. The van der Waals surface area contributed by atoms with Crippen molar-refractivity contribution >= 4 is 35.3 Å². The summed E-state index contributed by atoms with van der Waals surface area (Å²) in [5.41, 5.74) is 5.56. The van der Waals surface area contributed by atoms with E-state index in [-0.39, 0.29) is 21.3 Å². The first-order valence-corrected chi connectivity index (χ1v) is 15.4. The molecule has 0 radical (unpaired) electrons. The molecule has 2 aliphatic heterocycles. The maximum atomic E-state index is 13.4. The van der Waals surface area contributed by atoms with Gasteiger partial charge in [-0.1, -0.05) is 38.5 Å². The predicted octanol–water partition coefficient (Wildman–Crippen LogP) is 6.45. The lowest BCUT2D eigenvalue weighted by Gasteiger charge is -2.47. The second kappa shape index (κ2) is 9.16. The third-order valence-corrected chi connectivity index (χ3v) is 12.6. The SMILES string of the molecule is C[C@@]12SC(C(=O)NC3CCCCC3)=CC1=C1CCCC1=C1C=C(C(=O)NC3CCCCC3)S[C@]12C. The Bertz CT molecular complexity index is 990. The fourth-order valence-corrected chi connectivity index (χ4v) is 10.2. The Labute approximate surface area is 218 Å². The zero-order valence-electron chi connectivity index (χ0n) is 21.1. The Balaban J connectivity index is 1.27. The maximum absolute atomic E-state index is 13.4. The molecule has 0 unspecified atom stereocenters. The predicted molar refractivity (Wildman–Crippen MR) is 146 cm³/mol. The Morgan fingerprint density at radius 2 is 1.09 bits per heavy atom. The van der Waals surface area contributed by atoms with E-state index in [1.807, 2.05) is 0 Å². The summed E-state index contributed by atoms with van der Waals surface area (Å²) in [5.74, 6) is 0.197. The Kier molecular flexibility index (Phi) is 6.28. The highest BCUT2D eigenvalue weighted by Gasteiger charge is 2.60. The third kappa shape index (κ3) is 3.98. The van der Waals surface area contributed by atoms with Crippen LogP contribution in [0.15, 0.2) is 44.3 Å². The van der Waals surface area contributed by atoms with Crippen molar-refractivity contribution in [3.05, 3.63) is 44.3 Å². The van der Waals surface area contributed by atoms with Crippen molar-refractivity contribution < 1.29 is 9.59 Å². The number of hydrogen-bond donors (Lipinski definition) is 2. The van der Waals surface area contributed by atoms with Gasteiger partial charge in [-0.3, -0.25) is 9.59 Å². The van der Waals surface area contributed by atoms with Gasteiger partial charge in [-0.2, -0.15) is 0 Å². The van der Waals surface area contributed by atoms with Crippen molar-refractivity contribution in [2.45, 2.75) is 119 Å². The summed E-state index contributed by atoms with van der Waals surface area (Å²) < 4.78 is -0.502. The minimum atomic E-state index is -0.251. The number of carbonyl (C=O) groups is 2. The zero-order valence-corrected chi connectivity index (χ0v) is 22.8. The van der Waals surface area contributed by atoms with Crippen LogP contribution in [0, 0.1) is 0 Å². The summed E-state index contributed by atoms with van der Waals surface area (Å²) in [7, 11) is 0. The van der Waals surface area contributed by atoms with E-state index < -0.39 is 0 Å². The molecule has 6 aliphatic rings. The van der Waals surface area contributed by atoms with E-state index in [0.717, 1.165) is 54.8 Å². The lowest BCUT2D eigenvalue weighted by Crippen LogP contribution is -2.47. The van der Waals surface area contributed by atoms with Gasteiger partial charge in [-0.25, -0.2) is 0 Å². The van der Waals surface area contributed by atoms with Crippen LogP contribution in [0.4, 0.5) is 0 Å². The van der Waals surface area contributed by atoms with Crippen LogP contribution in [-0.2, 0) is 9.59 Å². The van der Waals surface area contributed by atoms with E-state index in [1.54, 1.807) is 23.5 Å². The molecule has 35 heavy (non-hydrogen) atoms. The molecule has 2 N–H and O–H groups in total. The van der Waals surface area contributed by atoms with E-state index >= 15 is 0 Å². The topological polar surface area (TPSA) is 58.2 Å². The number of carbonyl (C=O) groups excluding carboxylic acids is 2. The van der Waals surface area contributed by atoms with Crippen molar-refractivity contribution in [2.75, 3.05) is 0 Å². The van der Waals surface area contributed by atoms with E-state index in [1.165, 1.54) is 60.8 Å². The molecular formula is C29H38N2O2S2. The van der Waals surface area contributed by atoms with Crippen LogP contribution in [0.2, 0.25) is 0 Å². The average molecular weight is 511 g/mol. The molecule has 6 heteroatoms. The van der Waals surface area contributed by atoms with Gasteiger partial charge in [0.15, 0.2) is 0 Å². The van der Waals surface area contributed by atoms with Crippen LogP contribution >= 0.6 is 23.5 Å². The first kappa shape index (κ1) is 24.0. The number of nitrogens with one attached hydrogen (secondary N) is 2. The summed E-state index contributed by atoms with van der Waals surface area (Å²) in [4.78, 5) is 28.4. The molecule has 0 bridgehead atoms. The van der Waals surface area contributed by atoms with Crippen LogP contribution in [0.1, 0.15) is 97.3 Å². The molecule has 6 rings (SSSR count). The van der Waals surface area contributed by atoms with Crippen LogP contribution < -0.4 is 10.6 Å². The molecule has 3 saturated carbocycles. The Hall–Kier alpha value is -1.40. The first-order chi connectivity index (χ1) is 16.9. The number of hydrogen-bond acceptors (Lipinski definition) is 4. The highest BCUT2D eigenvalue weighted by molar-refractivity contribution is 8.10. The molecule has 0 saturated heterocycles. The first-order valence-electron chi connectivity index (χ1n) is 13.8. The number of fused-ring (bicyclic) bond motifs is 4. The molecule has 2 heterocycles. The standard InChI is InChI=1S/C29H38N2O2S2/c1-28-22(16-24(34-28)26(32)30-18-10-5-3-6-11-18)20-14-9-15-21(20)23-17-25(35-29(23,28)2)27(33)31-19-12-7-4-8-13-19/h16-19H,3-15H2,1-2H3,(H,30,32)(H,31,33)/t28-,29-/m1/s1. The number of rotatable bonds is 4. The van der Waals surface area contributed by atoms with Gasteiger partial charge in [0.05, 0.1) is 19.3 Å². The van der Waals surface area contributed by atoms with Crippen molar-refractivity contribution in [2.24, 2.45) is 0 Å². The molecule has 0 aromatic carbocycles. The van der Waals surface area contributed by atoms with Crippen molar-refractivity contribution in [3.63, 3.8) is 0 Å². The van der Waals surface area contributed by atoms with E-state index in [0.29, 0.717) is 12.1 Å². The molecular weight excluding hydrogens is 472 g/mol. The van der Waals surface area contributed by atoms with E-state index in [2.05, 4.69) is 36.6 Å². The minimum Gasteiger partial charge on any atom is -0.349 e. The molecule has 4 aliphatic carbocycles. The van der Waals surface area contributed by atoms with Gasteiger partial charge < -0.3 is 10.6 Å². The highest BCUT2D eigenvalue weighted by Crippen LogP contribution is 2.68. The van der Waals surface area contributed by atoms with Crippen LogP contribution in [0.3, 0.4) is 0 Å². The monoisotopic (exact) mass is 510 g/mol. The lowest BCUT2D eigenvalue weighted by molar-refractivity contribution is -0.118. The fourth-order valence-electron chi connectivity index (χ4n) is 7.17. The molecule has 0 spiro atoms. The number of amides is 2.